The van der Waals surface area contributed by atoms with Crippen molar-refractivity contribution >= 4 is 49.0 Å². The Kier molecular flexibility index (Phi) is 6.23. The van der Waals surface area contributed by atoms with Crippen molar-refractivity contribution in [2.24, 2.45) is 0 Å². The lowest BCUT2D eigenvalue weighted by Gasteiger charge is -2.37. The Morgan fingerprint density at radius 3 is 2.50 bits per heavy atom. The van der Waals surface area contributed by atoms with E-state index in [1.807, 2.05) is 6.07 Å². The first-order chi connectivity index (χ1) is 9.51. The van der Waals surface area contributed by atoms with Crippen LogP contribution >= 0.6 is 43.2 Å². The first kappa shape index (κ1) is 16.6. The monoisotopic (exact) mass is 422 g/mol. The first-order valence-corrected chi connectivity index (χ1v) is 9.36. The van der Waals surface area contributed by atoms with Crippen molar-refractivity contribution in [1.82, 2.24) is 9.80 Å². The third-order valence-electron chi connectivity index (χ3n) is 3.95. The summed E-state index contributed by atoms with van der Waals surface area (Å²) >= 11 is 8.44. The lowest BCUT2D eigenvalue weighted by Crippen LogP contribution is -2.50. The zero-order chi connectivity index (χ0) is 14.7. The highest BCUT2D eigenvalue weighted by Gasteiger charge is 2.23. The maximum Gasteiger partial charge on any atom is 0.178 e. The molecule has 2 rings (SSSR count). The highest BCUT2D eigenvalue weighted by atomic mass is 79.9. The van der Waals surface area contributed by atoms with E-state index in [-0.39, 0.29) is 5.78 Å². The second-order valence-corrected chi connectivity index (χ2v) is 8.98. The van der Waals surface area contributed by atoms with Crippen LogP contribution < -0.4 is 0 Å². The molecule has 0 bridgehead atoms. The van der Waals surface area contributed by atoms with Crippen LogP contribution in [-0.2, 0) is 0 Å². The summed E-state index contributed by atoms with van der Waals surface area (Å²) in [5.74, 6) is 0.204. The molecule has 1 unspecified atom stereocenters. The van der Waals surface area contributed by atoms with E-state index in [2.05, 4.69) is 55.5 Å². The third-order valence-corrected chi connectivity index (χ3v) is 6.28. The molecule has 0 aliphatic carbocycles. The standard InChI is InChI=1S/C14H20Br2N2OS/c1-3-10(2)18-6-4-17(5-7-18)9-12(19)11-8-13(15)20-14(11)16/h8,10H,3-7,9H2,1-2H3. The lowest BCUT2D eigenvalue weighted by molar-refractivity contribution is 0.0784. The summed E-state index contributed by atoms with van der Waals surface area (Å²) in [7, 11) is 0. The van der Waals surface area contributed by atoms with Gasteiger partial charge in [0.05, 0.1) is 14.1 Å². The number of ketones is 1. The average Bonchev–Trinajstić information content (AvgIpc) is 2.78. The predicted molar refractivity (Wildman–Crippen MR) is 91.8 cm³/mol. The molecule has 1 aliphatic rings. The number of Topliss-reactive ketones (excluding diaryl/α,β-unsaturated/α-hetero) is 1. The second-order valence-electron chi connectivity index (χ2n) is 5.23. The normalized spacial score (nSPS) is 19.2. The fraction of sp³-hybridized carbons (Fsp3) is 0.643. The Morgan fingerprint density at radius 1 is 1.35 bits per heavy atom. The van der Waals surface area contributed by atoms with Crippen LogP contribution in [0.4, 0.5) is 0 Å². The van der Waals surface area contributed by atoms with E-state index in [9.17, 15) is 4.79 Å². The van der Waals surface area contributed by atoms with E-state index in [1.165, 1.54) is 6.42 Å². The molecule has 1 aromatic rings. The summed E-state index contributed by atoms with van der Waals surface area (Å²) in [6, 6.07) is 2.56. The first-order valence-electron chi connectivity index (χ1n) is 6.95. The van der Waals surface area contributed by atoms with Gasteiger partial charge in [-0.15, -0.1) is 11.3 Å². The molecule has 6 heteroatoms. The number of hydrogen-bond acceptors (Lipinski definition) is 4. The summed E-state index contributed by atoms with van der Waals surface area (Å²) in [6.45, 7) is 9.13. The van der Waals surface area contributed by atoms with Crippen LogP contribution in [0.25, 0.3) is 0 Å². The van der Waals surface area contributed by atoms with Crippen molar-refractivity contribution in [2.45, 2.75) is 26.3 Å². The molecule has 112 valence electrons. The van der Waals surface area contributed by atoms with Crippen molar-refractivity contribution < 1.29 is 4.79 Å². The fourth-order valence-electron chi connectivity index (χ4n) is 2.44. The number of carbonyl (C=O) groups excluding carboxylic acids is 1. The molecular formula is C14H20Br2N2OS. The second kappa shape index (κ2) is 7.49. The number of carbonyl (C=O) groups is 1. The molecule has 1 aromatic heterocycles. The zero-order valence-electron chi connectivity index (χ0n) is 11.9. The molecule has 1 atom stereocenters. The lowest BCUT2D eigenvalue weighted by atomic mass is 10.1. The highest BCUT2D eigenvalue weighted by molar-refractivity contribution is 9.12. The molecular weight excluding hydrogens is 404 g/mol. The highest BCUT2D eigenvalue weighted by Crippen LogP contribution is 2.32. The molecule has 0 radical (unpaired) electrons. The van der Waals surface area contributed by atoms with Crippen LogP contribution in [0.2, 0.25) is 0 Å². The minimum absolute atomic E-state index is 0.204. The van der Waals surface area contributed by atoms with Crippen LogP contribution in [0, 0.1) is 0 Å². The molecule has 1 fully saturated rings. The van der Waals surface area contributed by atoms with E-state index in [4.69, 9.17) is 0 Å². The summed E-state index contributed by atoms with van der Waals surface area (Å²) in [5.41, 5.74) is 0.797. The number of piperazine rings is 1. The summed E-state index contributed by atoms with van der Waals surface area (Å²) in [6.07, 6.45) is 1.19. The van der Waals surface area contributed by atoms with Crippen LogP contribution in [0.15, 0.2) is 13.6 Å². The van der Waals surface area contributed by atoms with Gasteiger partial charge in [0.25, 0.3) is 0 Å². The smallest absolute Gasteiger partial charge is 0.178 e. The van der Waals surface area contributed by atoms with Crippen molar-refractivity contribution in [3.63, 3.8) is 0 Å². The predicted octanol–water partition coefficient (Wildman–Crippen LogP) is 3.87. The quantitative estimate of drug-likeness (QED) is 0.671. The molecule has 0 amide bonds. The fourth-order valence-corrected chi connectivity index (χ4v) is 5.29. The van der Waals surface area contributed by atoms with Crippen LogP contribution in [0.5, 0.6) is 0 Å². The minimum atomic E-state index is 0.204. The van der Waals surface area contributed by atoms with Gasteiger partial charge in [-0.1, -0.05) is 6.92 Å². The number of rotatable bonds is 5. The Labute approximate surface area is 141 Å². The summed E-state index contributed by atoms with van der Waals surface area (Å²) in [4.78, 5) is 17.1. The molecule has 0 aromatic carbocycles. The molecule has 0 saturated carbocycles. The van der Waals surface area contributed by atoms with Crippen LogP contribution in [0.1, 0.15) is 30.6 Å². The minimum Gasteiger partial charge on any atom is -0.298 e. The van der Waals surface area contributed by atoms with Gasteiger partial charge in [0.2, 0.25) is 0 Å². The molecule has 20 heavy (non-hydrogen) atoms. The van der Waals surface area contributed by atoms with Gasteiger partial charge in [0, 0.05) is 37.8 Å². The van der Waals surface area contributed by atoms with Gasteiger partial charge in [-0.3, -0.25) is 14.6 Å². The van der Waals surface area contributed by atoms with Gasteiger partial charge in [0.1, 0.15) is 0 Å². The molecule has 1 saturated heterocycles. The third kappa shape index (κ3) is 4.13. The molecule has 0 N–H and O–H groups in total. The Morgan fingerprint density at radius 2 is 2.00 bits per heavy atom. The van der Waals surface area contributed by atoms with Gasteiger partial charge in [0.15, 0.2) is 5.78 Å². The van der Waals surface area contributed by atoms with Gasteiger partial charge in [-0.2, -0.15) is 0 Å². The van der Waals surface area contributed by atoms with Gasteiger partial charge in [-0.25, -0.2) is 0 Å². The maximum absolute atomic E-state index is 12.3. The van der Waals surface area contributed by atoms with Crippen LogP contribution in [-0.4, -0.2) is 54.3 Å². The Bertz CT molecular complexity index is 470. The molecule has 2 heterocycles. The maximum atomic E-state index is 12.3. The van der Waals surface area contributed by atoms with Crippen molar-refractivity contribution in [3.05, 3.63) is 19.2 Å². The van der Waals surface area contributed by atoms with Gasteiger partial charge >= 0.3 is 0 Å². The van der Waals surface area contributed by atoms with E-state index < -0.39 is 0 Å². The van der Waals surface area contributed by atoms with E-state index in [0.717, 1.165) is 39.3 Å². The SMILES string of the molecule is CCC(C)N1CCN(CC(=O)c2cc(Br)sc2Br)CC1. The van der Waals surface area contributed by atoms with Gasteiger partial charge < -0.3 is 0 Å². The van der Waals surface area contributed by atoms with Crippen molar-refractivity contribution in [2.75, 3.05) is 32.7 Å². The number of nitrogens with zero attached hydrogens (tertiary/aromatic N) is 2. The van der Waals surface area contributed by atoms with E-state index >= 15 is 0 Å². The summed E-state index contributed by atoms with van der Waals surface area (Å²) < 4.78 is 1.92. The van der Waals surface area contributed by atoms with Crippen molar-refractivity contribution in [1.29, 1.82) is 0 Å². The molecule has 1 aliphatic heterocycles. The topological polar surface area (TPSA) is 23.6 Å². The molecule has 3 nitrogen and oxygen atoms in total. The summed E-state index contributed by atoms with van der Waals surface area (Å²) in [5, 5.41) is 0. The number of halogens is 2. The average molecular weight is 424 g/mol. The largest absolute Gasteiger partial charge is 0.298 e. The Balaban J connectivity index is 1.86. The van der Waals surface area contributed by atoms with Crippen LogP contribution in [0.3, 0.4) is 0 Å². The number of hydrogen-bond donors (Lipinski definition) is 0. The van der Waals surface area contributed by atoms with Crippen molar-refractivity contribution in [3.8, 4) is 0 Å². The van der Waals surface area contributed by atoms with E-state index in [1.54, 1.807) is 11.3 Å². The zero-order valence-corrected chi connectivity index (χ0v) is 15.9. The number of thiophene rings is 1. The van der Waals surface area contributed by atoms with Gasteiger partial charge in [-0.05, 0) is 51.3 Å². The Hall–Kier alpha value is 0.250. The van der Waals surface area contributed by atoms with E-state index in [0.29, 0.717) is 12.6 Å². The molecule has 0 spiro atoms.